The number of hydrogen-bond acceptors (Lipinski definition) is 3. The molecule has 3 aromatic rings. The lowest BCUT2D eigenvalue weighted by atomic mass is 9.76. The normalized spacial score (nSPS) is 18.9. The Morgan fingerprint density at radius 3 is 1.59 bits per heavy atom. The molecule has 166 valence electrons. The maximum Gasteiger partial charge on any atom is 0.347 e. The molecule has 0 amide bonds. The van der Waals surface area contributed by atoms with Gasteiger partial charge in [0.15, 0.2) is 5.60 Å². The van der Waals surface area contributed by atoms with Gasteiger partial charge in [-0.3, -0.25) is 0 Å². The van der Waals surface area contributed by atoms with Gasteiger partial charge in [-0.15, -0.1) is 0 Å². The number of aryl methyl sites for hydroxylation is 3. The molecule has 1 atom stereocenters. The van der Waals surface area contributed by atoms with Crippen LogP contribution in [0.15, 0.2) is 72.8 Å². The van der Waals surface area contributed by atoms with Crippen LogP contribution in [0.4, 0.5) is 0 Å². The second-order valence-corrected chi connectivity index (χ2v) is 8.91. The van der Waals surface area contributed by atoms with Gasteiger partial charge in [-0.1, -0.05) is 109 Å². The van der Waals surface area contributed by atoms with Gasteiger partial charge < -0.3 is 9.47 Å². The first-order valence-electron chi connectivity index (χ1n) is 11.5. The van der Waals surface area contributed by atoms with E-state index in [9.17, 15) is 4.79 Å². The van der Waals surface area contributed by atoms with Crippen LogP contribution < -0.4 is 0 Å². The SMILES string of the molecule is CCCCCOC(=O)C1(c2ccc(C)cc2)OC1(c1ccc(C)cc1)c1ccc(C)cc1. The summed E-state index contributed by atoms with van der Waals surface area (Å²) in [5.74, 6) is -0.321. The molecule has 0 spiro atoms. The number of benzene rings is 3. The molecular weight excluding hydrogens is 396 g/mol. The summed E-state index contributed by atoms with van der Waals surface area (Å²) >= 11 is 0. The molecule has 0 bridgehead atoms. The van der Waals surface area contributed by atoms with Crippen LogP contribution in [0.1, 0.15) is 59.6 Å². The minimum atomic E-state index is -1.21. The maximum absolute atomic E-state index is 13.7. The van der Waals surface area contributed by atoms with E-state index in [1.54, 1.807) is 0 Å². The Morgan fingerprint density at radius 1 is 0.719 bits per heavy atom. The number of ether oxygens (including phenoxy) is 2. The lowest BCUT2D eigenvalue weighted by Crippen LogP contribution is -2.33. The average molecular weight is 429 g/mol. The lowest BCUT2D eigenvalue weighted by Gasteiger charge is -2.21. The first-order chi connectivity index (χ1) is 15.4. The van der Waals surface area contributed by atoms with Crippen molar-refractivity contribution in [3.63, 3.8) is 0 Å². The van der Waals surface area contributed by atoms with E-state index in [-0.39, 0.29) is 5.97 Å². The molecule has 0 aliphatic carbocycles. The Hall–Kier alpha value is -2.91. The van der Waals surface area contributed by atoms with Crippen LogP contribution in [-0.4, -0.2) is 12.6 Å². The van der Waals surface area contributed by atoms with Crippen LogP contribution in [0.3, 0.4) is 0 Å². The molecule has 0 saturated carbocycles. The van der Waals surface area contributed by atoms with E-state index >= 15 is 0 Å². The van der Waals surface area contributed by atoms with Crippen LogP contribution in [0.25, 0.3) is 0 Å². The summed E-state index contributed by atoms with van der Waals surface area (Å²) in [4.78, 5) is 13.7. The third kappa shape index (κ3) is 3.75. The van der Waals surface area contributed by atoms with E-state index in [4.69, 9.17) is 9.47 Å². The summed E-state index contributed by atoms with van der Waals surface area (Å²) in [6.45, 7) is 8.71. The van der Waals surface area contributed by atoms with Gasteiger partial charge in [-0.2, -0.15) is 0 Å². The zero-order valence-corrected chi connectivity index (χ0v) is 19.5. The first-order valence-corrected chi connectivity index (χ1v) is 11.5. The minimum absolute atomic E-state index is 0.321. The number of carbonyl (C=O) groups is 1. The number of unbranched alkanes of at least 4 members (excludes halogenated alkanes) is 2. The summed E-state index contributed by atoms with van der Waals surface area (Å²) in [5.41, 5.74) is 4.06. The molecular formula is C29H32O3. The molecule has 3 nitrogen and oxygen atoms in total. The van der Waals surface area contributed by atoms with Crippen LogP contribution in [0.5, 0.6) is 0 Å². The van der Waals surface area contributed by atoms with Crippen LogP contribution in [0, 0.1) is 20.8 Å². The summed E-state index contributed by atoms with van der Waals surface area (Å²) in [5, 5.41) is 0. The smallest absolute Gasteiger partial charge is 0.347 e. The summed E-state index contributed by atoms with van der Waals surface area (Å²) in [6, 6.07) is 24.6. The van der Waals surface area contributed by atoms with E-state index in [1.165, 1.54) is 0 Å². The highest BCUT2D eigenvalue weighted by Gasteiger charge is 2.78. The van der Waals surface area contributed by atoms with Crippen molar-refractivity contribution < 1.29 is 14.3 Å². The predicted octanol–water partition coefficient (Wildman–Crippen LogP) is 6.51. The lowest BCUT2D eigenvalue weighted by molar-refractivity contribution is -0.150. The Bertz CT molecular complexity index is 1020. The van der Waals surface area contributed by atoms with Gasteiger partial charge in [0.2, 0.25) is 5.60 Å². The quantitative estimate of drug-likeness (QED) is 0.233. The highest BCUT2D eigenvalue weighted by atomic mass is 16.7. The van der Waals surface area contributed by atoms with Crippen molar-refractivity contribution in [2.75, 3.05) is 6.61 Å². The molecule has 1 unspecified atom stereocenters. The van der Waals surface area contributed by atoms with Crippen LogP contribution in [-0.2, 0) is 25.5 Å². The Balaban J connectivity index is 1.85. The largest absolute Gasteiger partial charge is 0.463 e. The summed E-state index contributed by atoms with van der Waals surface area (Å²) in [7, 11) is 0. The molecule has 1 saturated heterocycles. The van der Waals surface area contributed by atoms with Gasteiger partial charge >= 0.3 is 5.97 Å². The first kappa shape index (κ1) is 22.3. The van der Waals surface area contributed by atoms with E-state index in [0.29, 0.717) is 6.61 Å². The van der Waals surface area contributed by atoms with Crippen molar-refractivity contribution >= 4 is 5.97 Å². The zero-order chi connectivity index (χ0) is 22.8. The van der Waals surface area contributed by atoms with Crippen molar-refractivity contribution in [2.45, 2.75) is 58.2 Å². The monoisotopic (exact) mass is 428 g/mol. The number of epoxide rings is 1. The summed E-state index contributed by atoms with van der Waals surface area (Å²) in [6.07, 6.45) is 2.97. The topological polar surface area (TPSA) is 38.8 Å². The fourth-order valence-electron chi connectivity index (χ4n) is 4.44. The molecule has 0 aromatic heterocycles. The van der Waals surface area contributed by atoms with Gasteiger partial charge in [-0.05, 0) is 43.9 Å². The Kier molecular flexibility index (Phi) is 6.21. The maximum atomic E-state index is 13.7. The van der Waals surface area contributed by atoms with Gasteiger partial charge in [0.25, 0.3) is 0 Å². The number of carbonyl (C=O) groups excluding carboxylic acids is 1. The van der Waals surface area contributed by atoms with E-state index in [2.05, 4.69) is 69.3 Å². The third-order valence-electron chi connectivity index (χ3n) is 6.40. The van der Waals surface area contributed by atoms with Crippen molar-refractivity contribution in [2.24, 2.45) is 0 Å². The number of rotatable bonds is 8. The molecule has 0 N–H and O–H groups in total. The minimum Gasteiger partial charge on any atom is -0.463 e. The molecule has 1 aliphatic heterocycles. The number of hydrogen-bond donors (Lipinski definition) is 0. The molecule has 4 rings (SSSR count). The van der Waals surface area contributed by atoms with Crippen LogP contribution in [0.2, 0.25) is 0 Å². The third-order valence-corrected chi connectivity index (χ3v) is 6.40. The van der Waals surface area contributed by atoms with Crippen molar-refractivity contribution in [3.05, 3.63) is 106 Å². The van der Waals surface area contributed by atoms with Crippen molar-refractivity contribution in [1.29, 1.82) is 0 Å². The van der Waals surface area contributed by atoms with Gasteiger partial charge in [-0.25, -0.2) is 4.79 Å². The van der Waals surface area contributed by atoms with Gasteiger partial charge in [0, 0.05) is 0 Å². The second-order valence-electron chi connectivity index (χ2n) is 8.91. The molecule has 1 fully saturated rings. The second kappa shape index (κ2) is 8.91. The summed E-state index contributed by atoms with van der Waals surface area (Å²) < 4.78 is 12.5. The zero-order valence-electron chi connectivity index (χ0n) is 19.5. The fourth-order valence-corrected chi connectivity index (χ4v) is 4.44. The molecule has 3 heteroatoms. The average Bonchev–Trinajstić information content (AvgIpc) is 3.50. The van der Waals surface area contributed by atoms with Crippen LogP contribution >= 0.6 is 0 Å². The van der Waals surface area contributed by atoms with E-state index in [1.807, 2.05) is 31.2 Å². The van der Waals surface area contributed by atoms with Gasteiger partial charge in [0.05, 0.1) is 6.61 Å². The fraction of sp³-hybridized carbons (Fsp3) is 0.345. The van der Waals surface area contributed by atoms with E-state index < -0.39 is 11.2 Å². The molecule has 1 aliphatic rings. The Labute approximate surface area is 191 Å². The highest BCUT2D eigenvalue weighted by molar-refractivity contribution is 5.89. The highest BCUT2D eigenvalue weighted by Crippen LogP contribution is 2.66. The van der Waals surface area contributed by atoms with E-state index in [0.717, 1.165) is 52.6 Å². The molecule has 32 heavy (non-hydrogen) atoms. The molecule has 0 radical (unpaired) electrons. The predicted molar refractivity (Wildman–Crippen MR) is 128 cm³/mol. The number of esters is 1. The van der Waals surface area contributed by atoms with Gasteiger partial charge in [0.1, 0.15) is 0 Å². The standard InChI is InChI=1S/C29H32O3/c1-5-6-7-20-31-27(30)29(26-18-12-23(4)13-19-26)28(32-29,24-14-8-21(2)9-15-24)25-16-10-22(3)11-17-25/h8-19H,5-7,20H2,1-4H3. The molecule has 1 heterocycles. The van der Waals surface area contributed by atoms with Crippen molar-refractivity contribution in [3.8, 4) is 0 Å². The molecule has 3 aromatic carbocycles. The van der Waals surface area contributed by atoms with Crippen molar-refractivity contribution in [1.82, 2.24) is 0 Å². The Morgan fingerprint density at radius 2 is 1.16 bits per heavy atom.